The van der Waals surface area contributed by atoms with Gasteiger partial charge in [-0.15, -0.1) is 6.58 Å². The average molecular weight is 458 g/mol. The fourth-order valence-electron chi connectivity index (χ4n) is 2.36. The molecule has 0 bridgehead atoms. The van der Waals surface area contributed by atoms with Crippen LogP contribution in [-0.4, -0.2) is 45.2 Å². The molecule has 3 N–H and O–H groups in total. The van der Waals surface area contributed by atoms with Crippen LogP contribution in [0, 0.1) is 0 Å². The number of sulfonamides is 1. The second-order valence-corrected chi connectivity index (χ2v) is 8.13. The topological polar surface area (TPSA) is 105 Å². The van der Waals surface area contributed by atoms with Gasteiger partial charge in [-0.25, -0.2) is 13.1 Å². The van der Waals surface area contributed by atoms with Crippen molar-refractivity contribution < 1.29 is 36.2 Å². The Bertz CT molecular complexity index is 1010. The van der Waals surface area contributed by atoms with Gasteiger partial charge in [0, 0.05) is 18.7 Å². The number of nitrogens with one attached hydrogen (secondary N) is 2. The fourth-order valence-corrected chi connectivity index (χ4v) is 3.36. The Morgan fingerprint density at radius 1 is 1.19 bits per heavy atom. The van der Waals surface area contributed by atoms with Gasteiger partial charge in [0.05, 0.1) is 10.5 Å². The maximum atomic E-state index is 12.7. The summed E-state index contributed by atoms with van der Waals surface area (Å²) in [5.74, 6) is -0.636. The Labute approximate surface area is 177 Å². The molecule has 0 aromatic heterocycles. The number of carbonyl (C=O) groups is 1. The van der Waals surface area contributed by atoms with Crippen LogP contribution in [0.1, 0.15) is 15.9 Å². The smallest absolute Gasteiger partial charge is 0.416 e. The van der Waals surface area contributed by atoms with E-state index in [0.717, 1.165) is 12.1 Å². The molecule has 0 heterocycles. The molecule has 2 aromatic rings. The van der Waals surface area contributed by atoms with Crippen molar-refractivity contribution in [2.75, 3.05) is 19.7 Å². The van der Waals surface area contributed by atoms with E-state index in [9.17, 15) is 31.5 Å². The minimum absolute atomic E-state index is 0.0274. The first-order valence-electron chi connectivity index (χ1n) is 9.00. The molecule has 0 aliphatic carbocycles. The van der Waals surface area contributed by atoms with Gasteiger partial charge in [0.25, 0.3) is 5.91 Å². The lowest BCUT2D eigenvalue weighted by molar-refractivity contribution is -0.137. The summed E-state index contributed by atoms with van der Waals surface area (Å²) in [4.78, 5) is 12.1. The Hall–Kier alpha value is -2.89. The van der Waals surface area contributed by atoms with Gasteiger partial charge < -0.3 is 15.2 Å². The van der Waals surface area contributed by atoms with Crippen LogP contribution in [-0.2, 0) is 16.2 Å². The molecule has 0 fully saturated rings. The number of rotatable bonds is 10. The molecule has 1 amide bonds. The molecule has 168 valence electrons. The van der Waals surface area contributed by atoms with Gasteiger partial charge >= 0.3 is 6.18 Å². The summed E-state index contributed by atoms with van der Waals surface area (Å²) in [5.41, 5.74) is -0.716. The van der Waals surface area contributed by atoms with Crippen LogP contribution in [0.2, 0.25) is 0 Å². The van der Waals surface area contributed by atoms with Gasteiger partial charge in [0.15, 0.2) is 0 Å². The first kappa shape index (κ1) is 24.4. The van der Waals surface area contributed by atoms with Gasteiger partial charge in [-0.3, -0.25) is 4.79 Å². The first-order chi connectivity index (χ1) is 14.5. The highest BCUT2D eigenvalue weighted by Crippen LogP contribution is 2.31. The summed E-state index contributed by atoms with van der Waals surface area (Å²) in [7, 11) is -3.72. The van der Waals surface area contributed by atoms with E-state index in [1.807, 2.05) is 0 Å². The van der Waals surface area contributed by atoms with Gasteiger partial charge in [0.1, 0.15) is 18.5 Å². The molecule has 1 unspecified atom stereocenters. The molecule has 2 aromatic carbocycles. The van der Waals surface area contributed by atoms with Crippen LogP contribution in [0.25, 0.3) is 0 Å². The number of hydrogen-bond acceptors (Lipinski definition) is 5. The summed E-state index contributed by atoms with van der Waals surface area (Å²) in [6.07, 6.45) is -4.30. The van der Waals surface area contributed by atoms with Crippen molar-refractivity contribution in [2.45, 2.75) is 17.2 Å². The van der Waals surface area contributed by atoms with E-state index in [4.69, 9.17) is 4.74 Å². The molecule has 0 saturated carbocycles. The highest BCUT2D eigenvalue weighted by Gasteiger charge is 2.30. The molecular weight excluding hydrogens is 437 g/mol. The second-order valence-electron chi connectivity index (χ2n) is 6.37. The highest BCUT2D eigenvalue weighted by molar-refractivity contribution is 7.89. The quantitative estimate of drug-likeness (QED) is 0.474. The SMILES string of the molecule is C=CCNS(=O)(=O)c1ccc(C(=O)NCC(O)COc2cccc(C(F)(F)F)c2)cc1. The Kier molecular flexibility index (Phi) is 8.20. The van der Waals surface area contributed by atoms with E-state index >= 15 is 0 Å². The Morgan fingerprint density at radius 2 is 1.87 bits per heavy atom. The van der Waals surface area contributed by atoms with E-state index in [0.29, 0.717) is 0 Å². The average Bonchev–Trinajstić information content (AvgIpc) is 2.74. The number of carbonyl (C=O) groups excluding carboxylic acids is 1. The predicted octanol–water partition coefficient (Wildman–Crippen LogP) is 2.34. The first-order valence-corrected chi connectivity index (χ1v) is 10.5. The second kappa shape index (κ2) is 10.4. The molecule has 7 nitrogen and oxygen atoms in total. The molecule has 0 aliphatic rings. The number of alkyl halides is 3. The fraction of sp³-hybridized carbons (Fsp3) is 0.250. The third kappa shape index (κ3) is 7.39. The van der Waals surface area contributed by atoms with Crippen molar-refractivity contribution in [3.8, 4) is 5.75 Å². The van der Waals surface area contributed by atoms with Crippen molar-refractivity contribution in [1.82, 2.24) is 10.0 Å². The van der Waals surface area contributed by atoms with Crippen molar-refractivity contribution in [3.63, 3.8) is 0 Å². The lowest BCUT2D eigenvalue weighted by Gasteiger charge is -2.14. The Balaban J connectivity index is 1.86. The van der Waals surface area contributed by atoms with Gasteiger partial charge in [0.2, 0.25) is 10.0 Å². The summed E-state index contributed by atoms with van der Waals surface area (Å²) >= 11 is 0. The minimum atomic E-state index is -4.51. The van der Waals surface area contributed by atoms with Crippen LogP contribution in [0.3, 0.4) is 0 Å². The lowest BCUT2D eigenvalue weighted by atomic mass is 10.2. The monoisotopic (exact) mass is 458 g/mol. The maximum absolute atomic E-state index is 12.7. The molecule has 11 heteroatoms. The third-order valence-corrected chi connectivity index (χ3v) is 5.39. The summed E-state index contributed by atoms with van der Waals surface area (Å²) < 4.78 is 69.5. The largest absolute Gasteiger partial charge is 0.491 e. The standard InChI is InChI=1S/C20H21F3N2O5S/c1-2-10-25-31(28,29)18-8-6-14(7-9-18)19(27)24-12-16(26)13-30-17-5-3-4-15(11-17)20(21,22)23/h2-9,11,16,25-26H,1,10,12-13H2,(H,24,27). The van der Waals surface area contributed by atoms with Gasteiger partial charge in [-0.2, -0.15) is 13.2 Å². The minimum Gasteiger partial charge on any atom is -0.491 e. The van der Waals surface area contributed by atoms with E-state index in [1.165, 1.54) is 42.5 Å². The third-order valence-electron chi connectivity index (χ3n) is 3.95. The van der Waals surface area contributed by atoms with E-state index in [2.05, 4.69) is 16.6 Å². The van der Waals surface area contributed by atoms with Crippen molar-refractivity contribution in [1.29, 1.82) is 0 Å². The van der Waals surface area contributed by atoms with Crippen molar-refractivity contribution in [2.24, 2.45) is 0 Å². The maximum Gasteiger partial charge on any atom is 0.416 e. The van der Waals surface area contributed by atoms with Gasteiger partial charge in [-0.1, -0.05) is 12.1 Å². The van der Waals surface area contributed by atoms with E-state index < -0.39 is 33.8 Å². The Morgan fingerprint density at radius 3 is 2.48 bits per heavy atom. The molecule has 1 atom stereocenters. The van der Waals surface area contributed by atoms with Crippen LogP contribution in [0.4, 0.5) is 13.2 Å². The number of ether oxygens (including phenoxy) is 1. The number of benzene rings is 2. The lowest BCUT2D eigenvalue weighted by Crippen LogP contribution is -2.35. The van der Waals surface area contributed by atoms with E-state index in [-0.39, 0.29) is 35.9 Å². The molecule has 31 heavy (non-hydrogen) atoms. The van der Waals surface area contributed by atoms with Crippen LogP contribution >= 0.6 is 0 Å². The number of amides is 1. The zero-order chi connectivity index (χ0) is 23.1. The number of halogens is 3. The zero-order valence-corrected chi connectivity index (χ0v) is 17.0. The molecule has 0 spiro atoms. The zero-order valence-electron chi connectivity index (χ0n) is 16.2. The normalized spacial score (nSPS) is 12.8. The molecule has 2 rings (SSSR count). The molecule has 0 saturated heterocycles. The number of hydrogen-bond donors (Lipinski definition) is 3. The molecule has 0 radical (unpaired) electrons. The van der Waals surface area contributed by atoms with Crippen LogP contribution in [0.5, 0.6) is 5.75 Å². The number of aliphatic hydroxyl groups is 1. The predicted molar refractivity (Wildman–Crippen MR) is 107 cm³/mol. The molecule has 0 aliphatic heterocycles. The number of aliphatic hydroxyl groups excluding tert-OH is 1. The van der Waals surface area contributed by atoms with Crippen molar-refractivity contribution >= 4 is 15.9 Å². The molecular formula is C20H21F3N2O5S. The van der Waals surface area contributed by atoms with Crippen LogP contribution in [0.15, 0.2) is 66.1 Å². The van der Waals surface area contributed by atoms with Gasteiger partial charge in [-0.05, 0) is 42.5 Å². The van der Waals surface area contributed by atoms with Crippen molar-refractivity contribution in [3.05, 3.63) is 72.3 Å². The van der Waals surface area contributed by atoms with Crippen LogP contribution < -0.4 is 14.8 Å². The highest BCUT2D eigenvalue weighted by atomic mass is 32.2. The van der Waals surface area contributed by atoms with E-state index in [1.54, 1.807) is 0 Å². The summed E-state index contributed by atoms with van der Waals surface area (Å²) in [5, 5.41) is 12.3. The summed E-state index contributed by atoms with van der Waals surface area (Å²) in [6.45, 7) is 2.92. The summed E-state index contributed by atoms with van der Waals surface area (Å²) in [6, 6.07) is 9.34.